The Kier molecular flexibility index (Phi) is 5.32. The van der Waals surface area contributed by atoms with Crippen molar-refractivity contribution in [2.75, 3.05) is 19.6 Å². The Morgan fingerprint density at radius 2 is 1.96 bits per heavy atom. The normalized spacial score (nSPS) is 22.5. The number of amides is 1. The van der Waals surface area contributed by atoms with Crippen molar-refractivity contribution in [2.45, 2.75) is 59.5 Å². The zero-order valence-electron chi connectivity index (χ0n) is 16.0. The Hall–Kier alpha value is -1.62. The van der Waals surface area contributed by atoms with Crippen molar-refractivity contribution in [3.8, 4) is 0 Å². The highest BCUT2D eigenvalue weighted by molar-refractivity contribution is 5.77. The molecule has 1 saturated heterocycles. The first-order valence-corrected chi connectivity index (χ1v) is 9.56. The molecule has 1 aliphatic carbocycles. The Morgan fingerprint density at radius 3 is 2.60 bits per heavy atom. The number of carbonyl (C=O) groups is 1. The molecule has 2 aliphatic rings. The quantitative estimate of drug-likeness (QED) is 0.892. The van der Waals surface area contributed by atoms with Gasteiger partial charge < -0.3 is 9.88 Å². The van der Waals surface area contributed by atoms with Crippen LogP contribution >= 0.6 is 0 Å². The van der Waals surface area contributed by atoms with E-state index in [0.29, 0.717) is 30.7 Å². The molecular formula is C20H31N3O2. The predicted molar refractivity (Wildman–Crippen MR) is 99.5 cm³/mol. The molecule has 1 N–H and O–H groups in total. The van der Waals surface area contributed by atoms with Gasteiger partial charge in [-0.2, -0.15) is 0 Å². The topological polar surface area (TPSA) is 56.4 Å². The summed E-state index contributed by atoms with van der Waals surface area (Å²) >= 11 is 0. The van der Waals surface area contributed by atoms with E-state index >= 15 is 0 Å². The second-order valence-electron chi connectivity index (χ2n) is 8.19. The molecule has 1 aromatic rings. The maximum Gasteiger partial charge on any atom is 0.224 e. The molecule has 3 rings (SSSR count). The average Bonchev–Trinajstić information content (AvgIpc) is 3.39. The van der Waals surface area contributed by atoms with E-state index in [0.717, 1.165) is 36.5 Å². The van der Waals surface area contributed by atoms with Crippen LogP contribution in [0.1, 0.15) is 49.9 Å². The summed E-state index contributed by atoms with van der Waals surface area (Å²) in [4.78, 5) is 32.7. The first-order valence-electron chi connectivity index (χ1n) is 9.56. The molecule has 25 heavy (non-hydrogen) atoms. The molecule has 5 nitrogen and oxygen atoms in total. The molecule has 0 unspecified atom stereocenters. The fourth-order valence-electron chi connectivity index (χ4n) is 3.76. The molecule has 5 heteroatoms. The fourth-order valence-corrected chi connectivity index (χ4v) is 3.76. The fraction of sp³-hybridized carbons (Fsp3) is 0.700. The zero-order valence-corrected chi connectivity index (χ0v) is 16.0. The zero-order chi connectivity index (χ0) is 18.1. The molecule has 1 amide bonds. The highest BCUT2D eigenvalue weighted by Crippen LogP contribution is 2.32. The molecule has 1 saturated carbocycles. The summed E-state index contributed by atoms with van der Waals surface area (Å²) in [6.45, 7) is 11.4. The van der Waals surface area contributed by atoms with Crippen molar-refractivity contribution in [2.24, 2.45) is 11.8 Å². The molecule has 0 spiro atoms. The van der Waals surface area contributed by atoms with E-state index in [1.54, 1.807) is 6.20 Å². The van der Waals surface area contributed by atoms with Gasteiger partial charge in [0.2, 0.25) is 5.91 Å². The van der Waals surface area contributed by atoms with Crippen molar-refractivity contribution in [1.82, 2.24) is 14.8 Å². The molecule has 1 aromatic heterocycles. The van der Waals surface area contributed by atoms with Gasteiger partial charge in [-0.1, -0.05) is 13.8 Å². The number of aryl methyl sites for hydroxylation is 1. The monoisotopic (exact) mass is 345 g/mol. The maximum atomic E-state index is 12.7. The minimum absolute atomic E-state index is 0.121. The van der Waals surface area contributed by atoms with Crippen molar-refractivity contribution < 1.29 is 4.79 Å². The van der Waals surface area contributed by atoms with E-state index in [4.69, 9.17) is 0 Å². The minimum atomic E-state index is 0.121. The first-order chi connectivity index (χ1) is 11.9. The summed E-state index contributed by atoms with van der Waals surface area (Å²) in [6, 6.07) is 0.257. The number of nitrogens with zero attached hydrogens (tertiary/aromatic N) is 2. The number of carbonyl (C=O) groups excluding carboxylic acids is 1. The summed E-state index contributed by atoms with van der Waals surface area (Å²) in [5, 5.41) is 0. The third-order valence-corrected chi connectivity index (χ3v) is 5.73. The van der Waals surface area contributed by atoms with Crippen LogP contribution in [-0.2, 0) is 11.3 Å². The van der Waals surface area contributed by atoms with E-state index < -0.39 is 0 Å². The molecule has 0 bridgehead atoms. The molecule has 2 fully saturated rings. The number of hydrogen-bond acceptors (Lipinski definition) is 3. The van der Waals surface area contributed by atoms with Crippen molar-refractivity contribution >= 4 is 5.91 Å². The molecule has 138 valence electrons. The number of H-pyrrole nitrogens is 1. The van der Waals surface area contributed by atoms with Gasteiger partial charge in [0.1, 0.15) is 0 Å². The Morgan fingerprint density at radius 1 is 1.24 bits per heavy atom. The van der Waals surface area contributed by atoms with Crippen LogP contribution in [-0.4, -0.2) is 46.4 Å². The highest BCUT2D eigenvalue weighted by Gasteiger charge is 2.35. The molecular weight excluding hydrogens is 314 g/mol. The number of rotatable bonds is 5. The number of aromatic nitrogens is 1. The van der Waals surface area contributed by atoms with E-state index in [9.17, 15) is 9.59 Å². The Balaban J connectivity index is 1.77. The van der Waals surface area contributed by atoms with Crippen molar-refractivity contribution in [3.63, 3.8) is 0 Å². The van der Waals surface area contributed by atoms with Crippen LogP contribution < -0.4 is 5.43 Å². The summed E-state index contributed by atoms with van der Waals surface area (Å²) in [5.41, 5.74) is 2.64. The van der Waals surface area contributed by atoms with Crippen LogP contribution in [0.2, 0.25) is 0 Å². The summed E-state index contributed by atoms with van der Waals surface area (Å²) in [6.07, 6.45) is 4.91. The molecule has 0 radical (unpaired) electrons. The highest BCUT2D eigenvalue weighted by atomic mass is 16.2. The smallest absolute Gasteiger partial charge is 0.224 e. The maximum absolute atomic E-state index is 12.7. The summed E-state index contributed by atoms with van der Waals surface area (Å²) < 4.78 is 0. The second kappa shape index (κ2) is 7.32. The first kappa shape index (κ1) is 18.2. The van der Waals surface area contributed by atoms with Gasteiger partial charge in [-0.05, 0) is 38.5 Å². The van der Waals surface area contributed by atoms with Crippen LogP contribution in [0.15, 0.2) is 11.0 Å². The van der Waals surface area contributed by atoms with E-state index in [1.807, 2.05) is 13.8 Å². The third-order valence-electron chi connectivity index (χ3n) is 5.73. The van der Waals surface area contributed by atoms with Gasteiger partial charge in [-0.3, -0.25) is 14.5 Å². The van der Waals surface area contributed by atoms with Gasteiger partial charge in [-0.25, -0.2) is 0 Å². The lowest BCUT2D eigenvalue weighted by molar-refractivity contribution is -0.133. The largest absolute Gasteiger partial charge is 0.363 e. The van der Waals surface area contributed by atoms with Crippen LogP contribution in [0.4, 0.5) is 0 Å². The Labute approximate surface area is 150 Å². The van der Waals surface area contributed by atoms with Gasteiger partial charge in [0.15, 0.2) is 5.43 Å². The third kappa shape index (κ3) is 4.14. The van der Waals surface area contributed by atoms with Crippen LogP contribution in [0.5, 0.6) is 0 Å². The number of nitrogens with one attached hydrogen (secondary N) is 1. The van der Waals surface area contributed by atoms with Gasteiger partial charge in [0, 0.05) is 61.7 Å². The van der Waals surface area contributed by atoms with Gasteiger partial charge >= 0.3 is 0 Å². The lowest BCUT2D eigenvalue weighted by Crippen LogP contribution is -2.47. The number of pyridine rings is 1. The lowest BCUT2D eigenvalue weighted by Gasteiger charge is -2.35. The molecule has 0 aromatic carbocycles. The summed E-state index contributed by atoms with van der Waals surface area (Å²) in [7, 11) is 0. The second-order valence-corrected chi connectivity index (χ2v) is 8.19. The molecule has 1 atom stereocenters. The van der Waals surface area contributed by atoms with Crippen LogP contribution in [0.25, 0.3) is 0 Å². The summed E-state index contributed by atoms with van der Waals surface area (Å²) in [5.74, 6) is 1.44. The standard InChI is InChI=1S/C20H31N3O2/c1-13(2)18-12-22(8-7-19(24)23(18)10-16-5-6-16)11-17-15(4)20(25)14(3)9-21-17/h9,13,16,18H,5-8,10-12H2,1-4H3,(H,21,25)/t18-/m1/s1. The van der Waals surface area contributed by atoms with Gasteiger partial charge in [-0.15, -0.1) is 0 Å². The minimum Gasteiger partial charge on any atom is -0.363 e. The van der Waals surface area contributed by atoms with E-state index in [2.05, 4.69) is 28.6 Å². The number of hydrogen-bond donors (Lipinski definition) is 1. The molecule has 1 aliphatic heterocycles. The van der Waals surface area contributed by atoms with Crippen LogP contribution in [0, 0.1) is 25.7 Å². The van der Waals surface area contributed by atoms with Gasteiger partial charge in [0.05, 0.1) is 0 Å². The van der Waals surface area contributed by atoms with Crippen molar-refractivity contribution in [1.29, 1.82) is 0 Å². The number of aromatic amines is 1. The lowest BCUT2D eigenvalue weighted by atomic mass is 10.0. The van der Waals surface area contributed by atoms with E-state index in [1.165, 1.54) is 12.8 Å². The van der Waals surface area contributed by atoms with E-state index in [-0.39, 0.29) is 11.5 Å². The average molecular weight is 345 g/mol. The Bertz CT molecular complexity index is 691. The molecule has 2 heterocycles. The van der Waals surface area contributed by atoms with Crippen molar-refractivity contribution in [3.05, 3.63) is 33.2 Å². The van der Waals surface area contributed by atoms with Crippen LogP contribution in [0.3, 0.4) is 0 Å². The SMILES string of the molecule is Cc1c[nH]c(CN2CCC(=O)N(CC3CC3)[C@@H](C(C)C)C2)c(C)c1=O. The predicted octanol–water partition coefficient (Wildman–Crippen LogP) is 2.46. The van der Waals surface area contributed by atoms with Gasteiger partial charge in [0.25, 0.3) is 0 Å².